The first-order chi connectivity index (χ1) is 12.3. The monoisotopic (exact) mass is 325 g/mol. The van der Waals surface area contributed by atoms with E-state index >= 15 is 0 Å². The summed E-state index contributed by atoms with van der Waals surface area (Å²) in [5.74, 6) is 1.63. The van der Waals surface area contributed by atoms with Gasteiger partial charge < -0.3 is 4.74 Å². The predicted molar refractivity (Wildman–Crippen MR) is 97.8 cm³/mol. The summed E-state index contributed by atoms with van der Waals surface area (Å²) in [5, 5.41) is 9.05. The number of aromatic nitrogens is 2. The van der Waals surface area contributed by atoms with Crippen molar-refractivity contribution in [2.45, 2.75) is 0 Å². The molecule has 4 rings (SSSR count). The normalized spacial score (nSPS) is 10.6. The van der Waals surface area contributed by atoms with Gasteiger partial charge in [-0.25, -0.2) is 4.98 Å². The van der Waals surface area contributed by atoms with Gasteiger partial charge in [0.2, 0.25) is 0 Å². The van der Waals surface area contributed by atoms with Crippen molar-refractivity contribution in [1.82, 2.24) is 9.55 Å². The van der Waals surface area contributed by atoms with Crippen molar-refractivity contribution in [2.24, 2.45) is 0 Å². The van der Waals surface area contributed by atoms with Crippen LogP contribution in [0.2, 0.25) is 0 Å². The minimum atomic E-state index is 0.631. The van der Waals surface area contributed by atoms with Crippen molar-refractivity contribution in [2.75, 3.05) is 7.11 Å². The predicted octanol–water partition coefficient (Wildman–Crippen LogP) is 4.57. The van der Waals surface area contributed by atoms with Crippen molar-refractivity contribution in [3.05, 3.63) is 78.4 Å². The summed E-state index contributed by atoms with van der Waals surface area (Å²) >= 11 is 0. The van der Waals surface area contributed by atoms with E-state index in [0.717, 1.165) is 33.9 Å². The van der Waals surface area contributed by atoms with E-state index in [2.05, 4.69) is 10.6 Å². The Morgan fingerprint density at radius 2 is 1.72 bits per heavy atom. The third-order valence-corrected chi connectivity index (χ3v) is 4.15. The number of hydrogen-bond donors (Lipinski definition) is 0. The van der Waals surface area contributed by atoms with Crippen LogP contribution in [0.1, 0.15) is 5.56 Å². The molecular formula is C21H15N3O. The Morgan fingerprint density at radius 3 is 2.40 bits per heavy atom. The summed E-state index contributed by atoms with van der Waals surface area (Å²) in [6, 6.07) is 25.6. The molecular weight excluding hydrogens is 310 g/mol. The lowest BCUT2D eigenvalue weighted by Gasteiger charge is -2.10. The van der Waals surface area contributed by atoms with E-state index in [1.807, 2.05) is 72.8 Å². The largest absolute Gasteiger partial charge is 0.497 e. The molecule has 1 heterocycles. The summed E-state index contributed by atoms with van der Waals surface area (Å²) in [5.41, 5.74) is 4.47. The Hall–Kier alpha value is -3.58. The highest BCUT2D eigenvalue weighted by Gasteiger charge is 2.15. The maximum Gasteiger partial charge on any atom is 0.145 e. The van der Waals surface area contributed by atoms with E-state index in [1.54, 1.807) is 7.11 Å². The van der Waals surface area contributed by atoms with Gasteiger partial charge in [0.15, 0.2) is 0 Å². The highest BCUT2D eigenvalue weighted by atomic mass is 16.5. The van der Waals surface area contributed by atoms with Gasteiger partial charge in [-0.05, 0) is 36.4 Å². The van der Waals surface area contributed by atoms with Crippen LogP contribution in [0.25, 0.3) is 28.1 Å². The zero-order valence-corrected chi connectivity index (χ0v) is 13.7. The number of nitriles is 1. The molecule has 0 spiro atoms. The molecule has 0 unspecified atom stereocenters. The van der Waals surface area contributed by atoms with E-state index < -0.39 is 0 Å². The summed E-state index contributed by atoms with van der Waals surface area (Å²) in [6.07, 6.45) is 0. The second-order valence-electron chi connectivity index (χ2n) is 5.65. The second kappa shape index (κ2) is 6.14. The highest BCUT2D eigenvalue weighted by Crippen LogP contribution is 2.30. The van der Waals surface area contributed by atoms with E-state index in [0.29, 0.717) is 5.56 Å². The van der Waals surface area contributed by atoms with E-state index in [4.69, 9.17) is 15.0 Å². The number of methoxy groups -OCH3 is 1. The van der Waals surface area contributed by atoms with Crippen LogP contribution < -0.4 is 4.74 Å². The molecule has 25 heavy (non-hydrogen) atoms. The van der Waals surface area contributed by atoms with Crippen LogP contribution in [0, 0.1) is 11.3 Å². The summed E-state index contributed by atoms with van der Waals surface area (Å²) in [4.78, 5) is 4.82. The van der Waals surface area contributed by atoms with Gasteiger partial charge in [0, 0.05) is 17.3 Å². The average Bonchev–Trinajstić information content (AvgIpc) is 3.07. The third-order valence-electron chi connectivity index (χ3n) is 4.15. The molecule has 0 radical (unpaired) electrons. The van der Waals surface area contributed by atoms with E-state index in [-0.39, 0.29) is 0 Å². The molecule has 3 aromatic carbocycles. The van der Waals surface area contributed by atoms with Crippen LogP contribution in [0.3, 0.4) is 0 Å². The molecule has 4 heteroatoms. The number of imidazole rings is 1. The number of hydrogen-bond acceptors (Lipinski definition) is 3. The summed E-state index contributed by atoms with van der Waals surface area (Å²) < 4.78 is 7.47. The molecule has 0 saturated heterocycles. The molecule has 0 fully saturated rings. The fraction of sp³-hybridized carbons (Fsp3) is 0.0476. The van der Waals surface area contributed by atoms with Gasteiger partial charge in [0.1, 0.15) is 11.6 Å². The first-order valence-corrected chi connectivity index (χ1v) is 7.92. The molecule has 0 bridgehead atoms. The quantitative estimate of drug-likeness (QED) is 0.554. The van der Waals surface area contributed by atoms with Crippen LogP contribution in [-0.4, -0.2) is 16.7 Å². The lowest BCUT2D eigenvalue weighted by Crippen LogP contribution is -1.97. The van der Waals surface area contributed by atoms with E-state index in [1.165, 1.54) is 0 Å². The molecule has 1 aromatic heterocycles. The van der Waals surface area contributed by atoms with Gasteiger partial charge in [0.05, 0.1) is 29.8 Å². The average molecular weight is 325 g/mol. The maximum absolute atomic E-state index is 9.05. The van der Waals surface area contributed by atoms with Crippen LogP contribution in [0.4, 0.5) is 0 Å². The smallest absolute Gasteiger partial charge is 0.145 e. The van der Waals surface area contributed by atoms with Crippen LogP contribution in [0.5, 0.6) is 5.75 Å². The number of ether oxygens (including phenoxy) is 1. The van der Waals surface area contributed by atoms with Gasteiger partial charge in [-0.1, -0.05) is 30.3 Å². The topological polar surface area (TPSA) is 50.8 Å². The first-order valence-electron chi connectivity index (χ1n) is 7.92. The van der Waals surface area contributed by atoms with Gasteiger partial charge >= 0.3 is 0 Å². The number of rotatable bonds is 3. The van der Waals surface area contributed by atoms with Gasteiger partial charge in [-0.2, -0.15) is 5.26 Å². The van der Waals surface area contributed by atoms with Crippen LogP contribution in [0.15, 0.2) is 72.8 Å². The van der Waals surface area contributed by atoms with Crippen molar-refractivity contribution in [1.29, 1.82) is 5.26 Å². The van der Waals surface area contributed by atoms with Gasteiger partial charge in [-0.3, -0.25) is 4.57 Å². The zero-order valence-electron chi connectivity index (χ0n) is 13.7. The van der Waals surface area contributed by atoms with Crippen LogP contribution in [-0.2, 0) is 0 Å². The Kier molecular flexibility index (Phi) is 3.68. The first kappa shape index (κ1) is 15.0. The Bertz CT molecular complexity index is 1070. The molecule has 0 atom stereocenters. The van der Waals surface area contributed by atoms with E-state index in [9.17, 15) is 0 Å². The Labute approximate surface area is 145 Å². The molecule has 0 aliphatic rings. The molecule has 120 valence electrons. The minimum absolute atomic E-state index is 0.631. The third kappa shape index (κ3) is 2.62. The fourth-order valence-electron chi connectivity index (χ4n) is 2.91. The van der Waals surface area contributed by atoms with Crippen LogP contribution >= 0.6 is 0 Å². The van der Waals surface area contributed by atoms with Crippen molar-refractivity contribution in [3.63, 3.8) is 0 Å². The van der Waals surface area contributed by atoms with Crippen molar-refractivity contribution < 1.29 is 4.74 Å². The minimum Gasteiger partial charge on any atom is -0.497 e. The lowest BCUT2D eigenvalue weighted by atomic mass is 10.2. The number of benzene rings is 3. The summed E-state index contributed by atoms with van der Waals surface area (Å²) in [7, 11) is 1.65. The zero-order chi connectivity index (χ0) is 17.2. The SMILES string of the molecule is COc1ccc2nc(-c3ccccc3)n(-c3ccc(C#N)cc3)c2c1. The van der Waals surface area contributed by atoms with Crippen molar-refractivity contribution >= 4 is 11.0 Å². The number of fused-ring (bicyclic) bond motifs is 1. The van der Waals surface area contributed by atoms with Crippen molar-refractivity contribution in [3.8, 4) is 28.9 Å². The second-order valence-corrected chi connectivity index (χ2v) is 5.65. The molecule has 0 amide bonds. The lowest BCUT2D eigenvalue weighted by molar-refractivity contribution is 0.415. The fourth-order valence-corrected chi connectivity index (χ4v) is 2.91. The Balaban J connectivity index is 2.02. The standard InChI is InChI=1S/C21H15N3O/c1-25-18-11-12-19-20(13-18)24(17-9-7-15(14-22)8-10-17)21(23-19)16-5-3-2-4-6-16/h2-13H,1H3. The molecule has 0 aliphatic carbocycles. The van der Waals surface area contributed by atoms with Gasteiger partial charge in [-0.15, -0.1) is 0 Å². The maximum atomic E-state index is 9.05. The summed E-state index contributed by atoms with van der Waals surface area (Å²) in [6.45, 7) is 0. The molecule has 0 saturated carbocycles. The van der Waals surface area contributed by atoms with Gasteiger partial charge in [0.25, 0.3) is 0 Å². The number of nitrogens with zero attached hydrogens (tertiary/aromatic N) is 3. The molecule has 4 nitrogen and oxygen atoms in total. The molecule has 0 N–H and O–H groups in total. The Morgan fingerprint density at radius 1 is 0.960 bits per heavy atom. The highest BCUT2D eigenvalue weighted by molar-refractivity contribution is 5.84. The molecule has 4 aromatic rings. The molecule has 0 aliphatic heterocycles.